The van der Waals surface area contributed by atoms with Crippen LogP contribution in [0.3, 0.4) is 0 Å². The van der Waals surface area contributed by atoms with Crippen molar-refractivity contribution in [1.29, 1.82) is 0 Å². The third kappa shape index (κ3) is 3.20. The lowest BCUT2D eigenvalue weighted by Crippen LogP contribution is -2.38. The first-order valence-electron chi connectivity index (χ1n) is 5.95. The Bertz CT molecular complexity index is 207. The third-order valence-electron chi connectivity index (χ3n) is 3.49. The molecule has 1 rings (SSSR count). The van der Waals surface area contributed by atoms with Crippen molar-refractivity contribution in [2.75, 3.05) is 0 Å². The third-order valence-corrected chi connectivity index (χ3v) is 3.49. The van der Waals surface area contributed by atoms with Crippen molar-refractivity contribution in [2.45, 2.75) is 52.1 Å². The van der Waals surface area contributed by atoms with E-state index in [4.69, 9.17) is 0 Å². The van der Waals surface area contributed by atoms with Gasteiger partial charge in [-0.1, -0.05) is 33.1 Å². The van der Waals surface area contributed by atoms with E-state index in [0.717, 1.165) is 25.7 Å². The van der Waals surface area contributed by atoms with Gasteiger partial charge in [-0.25, -0.2) is 0 Å². The van der Waals surface area contributed by atoms with Gasteiger partial charge in [0.15, 0.2) is 0 Å². The van der Waals surface area contributed by atoms with E-state index in [1.165, 1.54) is 6.42 Å². The van der Waals surface area contributed by atoms with Crippen LogP contribution >= 0.6 is 0 Å². The van der Waals surface area contributed by atoms with Gasteiger partial charge in [0.25, 0.3) is 0 Å². The number of aliphatic carboxylic acids is 1. The van der Waals surface area contributed by atoms with Crippen LogP contribution in [0.25, 0.3) is 0 Å². The highest BCUT2D eigenvalue weighted by Crippen LogP contribution is 2.33. The highest BCUT2D eigenvalue weighted by Gasteiger charge is 2.36. The summed E-state index contributed by atoms with van der Waals surface area (Å²) in [4.78, 5) is 11.2. The second-order valence-electron chi connectivity index (χ2n) is 5.00. The summed E-state index contributed by atoms with van der Waals surface area (Å²) in [6.07, 6.45) is 4.64. The van der Waals surface area contributed by atoms with Crippen LogP contribution in [-0.2, 0) is 4.79 Å². The van der Waals surface area contributed by atoms with E-state index in [2.05, 4.69) is 0 Å². The molecule has 0 heterocycles. The molecule has 2 unspecified atom stereocenters. The summed E-state index contributed by atoms with van der Waals surface area (Å²) in [5.41, 5.74) is 0. The van der Waals surface area contributed by atoms with Crippen LogP contribution in [0.15, 0.2) is 0 Å². The SMILES string of the molecule is CC(C)C(O)C(C(=O)O)C1CCCCC1. The Hall–Kier alpha value is -0.570. The topological polar surface area (TPSA) is 57.5 Å². The maximum atomic E-state index is 11.2. The summed E-state index contributed by atoms with van der Waals surface area (Å²) in [5, 5.41) is 19.1. The molecule has 0 bridgehead atoms. The minimum Gasteiger partial charge on any atom is -0.481 e. The van der Waals surface area contributed by atoms with E-state index < -0.39 is 18.0 Å². The minimum atomic E-state index is -0.830. The monoisotopic (exact) mass is 214 g/mol. The van der Waals surface area contributed by atoms with E-state index in [1.807, 2.05) is 13.8 Å². The molecule has 0 radical (unpaired) electrons. The Balaban J connectivity index is 2.67. The zero-order valence-electron chi connectivity index (χ0n) is 9.65. The molecule has 3 heteroatoms. The largest absolute Gasteiger partial charge is 0.481 e. The van der Waals surface area contributed by atoms with Gasteiger partial charge >= 0.3 is 5.97 Å². The molecule has 1 fully saturated rings. The molecule has 0 amide bonds. The second-order valence-corrected chi connectivity index (χ2v) is 5.00. The quantitative estimate of drug-likeness (QED) is 0.755. The molecular weight excluding hydrogens is 192 g/mol. The summed E-state index contributed by atoms with van der Waals surface area (Å²) < 4.78 is 0. The predicted molar refractivity (Wildman–Crippen MR) is 58.5 cm³/mol. The molecule has 0 aromatic rings. The van der Waals surface area contributed by atoms with Crippen molar-refractivity contribution in [3.05, 3.63) is 0 Å². The van der Waals surface area contributed by atoms with Gasteiger partial charge in [0, 0.05) is 0 Å². The fourth-order valence-electron chi connectivity index (χ4n) is 2.53. The number of carboxylic acids is 1. The molecule has 0 aliphatic heterocycles. The maximum Gasteiger partial charge on any atom is 0.309 e. The zero-order valence-corrected chi connectivity index (χ0v) is 9.65. The van der Waals surface area contributed by atoms with Crippen molar-refractivity contribution >= 4 is 5.97 Å². The first kappa shape index (κ1) is 12.5. The van der Waals surface area contributed by atoms with Crippen LogP contribution in [0.2, 0.25) is 0 Å². The minimum absolute atomic E-state index is 0.0213. The van der Waals surface area contributed by atoms with Gasteiger partial charge in [-0.05, 0) is 24.7 Å². The summed E-state index contributed by atoms with van der Waals surface area (Å²) in [6, 6.07) is 0. The Morgan fingerprint density at radius 3 is 2.13 bits per heavy atom. The van der Waals surface area contributed by atoms with Gasteiger partial charge in [-0.3, -0.25) is 4.79 Å². The normalized spacial score (nSPS) is 22.7. The molecule has 15 heavy (non-hydrogen) atoms. The first-order chi connectivity index (χ1) is 7.04. The summed E-state index contributed by atoms with van der Waals surface area (Å²) in [6.45, 7) is 3.76. The molecule has 2 N–H and O–H groups in total. The van der Waals surface area contributed by atoms with E-state index in [0.29, 0.717) is 0 Å². The number of rotatable bonds is 4. The summed E-state index contributed by atoms with van der Waals surface area (Å²) in [7, 11) is 0. The number of hydrogen-bond acceptors (Lipinski definition) is 2. The van der Waals surface area contributed by atoms with E-state index >= 15 is 0 Å². The molecule has 0 aromatic carbocycles. The molecule has 0 saturated heterocycles. The van der Waals surface area contributed by atoms with Gasteiger partial charge in [0.2, 0.25) is 0 Å². The van der Waals surface area contributed by atoms with Crippen molar-refractivity contribution in [1.82, 2.24) is 0 Å². The molecule has 3 nitrogen and oxygen atoms in total. The molecule has 1 saturated carbocycles. The fourth-order valence-corrected chi connectivity index (χ4v) is 2.53. The van der Waals surface area contributed by atoms with Gasteiger partial charge < -0.3 is 10.2 Å². The van der Waals surface area contributed by atoms with Gasteiger partial charge in [0.05, 0.1) is 12.0 Å². The molecule has 1 aliphatic rings. The number of aliphatic hydroxyl groups is 1. The zero-order chi connectivity index (χ0) is 11.4. The van der Waals surface area contributed by atoms with Crippen LogP contribution < -0.4 is 0 Å². The number of carbonyl (C=O) groups is 1. The summed E-state index contributed by atoms with van der Waals surface area (Å²) >= 11 is 0. The van der Waals surface area contributed by atoms with Crippen molar-refractivity contribution in [3.63, 3.8) is 0 Å². The van der Waals surface area contributed by atoms with E-state index in [9.17, 15) is 15.0 Å². The Labute approximate surface area is 91.5 Å². The summed E-state index contributed by atoms with van der Waals surface area (Å²) in [5.74, 6) is -1.20. The molecule has 0 aromatic heterocycles. The van der Waals surface area contributed by atoms with Crippen LogP contribution in [-0.4, -0.2) is 22.3 Å². The lowest BCUT2D eigenvalue weighted by molar-refractivity contribution is -0.150. The highest BCUT2D eigenvalue weighted by molar-refractivity contribution is 5.71. The maximum absolute atomic E-state index is 11.2. The average molecular weight is 214 g/mol. The molecule has 88 valence electrons. The average Bonchev–Trinajstić information content (AvgIpc) is 2.18. The van der Waals surface area contributed by atoms with Crippen LogP contribution in [0.4, 0.5) is 0 Å². The number of aliphatic hydroxyl groups excluding tert-OH is 1. The molecule has 2 atom stereocenters. The van der Waals surface area contributed by atoms with Crippen LogP contribution in [0.5, 0.6) is 0 Å². The Morgan fingerprint density at radius 1 is 1.20 bits per heavy atom. The molecule has 1 aliphatic carbocycles. The Morgan fingerprint density at radius 2 is 1.73 bits per heavy atom. The Kier molecular flexibility index (Phi) is 4.58. The van der Waals surface area contributed by atoms with Crippen molar-refractivity contribution < 1.29 is 15.0 Å². The van der Waals surface area contributed by atoms with Crippen LogP contribution in [0, 0.1) is 17.8 Å². The predicted octanol–water partition coefficient (Wildman–Crippen LogP) is 2.28. The lowest BCUT2D eigenvalue weighted by Gasteiger charge is -2.32. The standard InChI is InChI=1S/C12H22O3/c1-8(2)11(13)10(12(14)15)9-6-4-3-5-7-9/h8-11,13H,3-7H2,1-2H3,(H,14,15). The number of carboxylic acid groups (broad SMARTS) is 1. The molecular formula is C12H22O3. The fraction of sp³-hybridized carbons (Fsp3) is 0.917. The van der Waals surface area contributed by atoms with Gasteiger partial charge in [0.1, 0.15) is 0 Å². The van der Waals surface area contributed by atoms with E-state index in [1.54, 1.807) is 0 Å². The highest BCUT2D eigenvalue weighted by atomic mass is 16.4. The number of hydrogen-bond donors (Lipinski definition) is 2. The lowest BCUT2D eigenvalue weighted by atomic mass is 9.75. The first-order valence-corrected chi connectivity index (χ1v) is 5.95. The van der Waals surface area contributed by atoms with Crippen molar-refractivity contribution in [3.8, 4) is 0 Å². The van der Waals surface area contributed by atoms with Gasteiger partial charge in [-0.2, -0.15) is 0 Å². The second kappa shape index (κ2) is 5.50. The van der Waals surface area contributed by atoms with E-state index in [-0.39, 0.29) is 11.8 Å². The van der Waals surface area contributed by atoms with Crippen molar-refractivity contribution in [2.24, 2.45) is 17.8 Å². The van der Waals surface area contributed by atoms with Crippen LogP contribution in [0.1, 0.15) is 46.0 Å². The van der Waals surface area contributed by atoms with Gasteiger partial charge in [-0.15, -0.1) is 0 Å². The molecule has 0 spiro atoms. The smallest absolute Gasteiger partial charge is 0.309 e.